The SMILES string of the molecule is CC[C@@H](NC(=O)c1ccc(OC)c(OC)c1)c1cccs1. The first-order valence-electron chi connectivity index (χ1n) is 6.75. The van der Waals surface area contributed by atoms with Crippen LogP contribution < -0.4 is 14.8 Å². The summed E-state index contributed by atoms with van der Waals surface area (Å²) in [5.41, 5.74) is 0.558. The van der Waals surface area contributed by atoms with E-state index in [2.05, 4.69) is 12.2 Å². The summed E-state index contributed by atoms with van der Waals surface area (Å²) in [5, 5.41) is 5.06. The number of nitrogens with one attached hydrogen (secondary N) is 1. The summed E-state index contributed by atoms with van der Waals surface area (Å²) in [6, 6.07) is 9.22. The first-order chi connectivity index (χ1) is 10.2. The van der Waals surface area contributed by atoms with Crippen LogP contribution in [0.5, 0.6) is 11.5 Å². The molecule has 0 bridgehead atoms. The topological polar surface area (TPSA) is 47.6 Å². The Labute approximate surface area is 128 Å². The summed E-state index contributed by atoms with van der Waals surface area (Å²) in [6.07, 6.45) is 0.847. The summed E-state index contributed by atoms with van der Waals surface area (Å²) >= 11 is 1.65. The first-order valence-corrected chi connectivity index (χ1v) is 7.63. The van der Waals surface area contributed by atoms with Crippen LogP contribution in [0, 0.1) is 0 Å². The van der Waals surface area contributed by atoms with Crippen molar-refractivity contribution in [2.24, 2.45) is 0 Å². The molecule has 112 valence electrons. The minimum Gasteiger partial charge on any atom is -0.493 e. The van der Waals surface area contributed by atoms with Crippen LogP contribution in [-0.4, -0.2) is 20.1 Å². The third kappa shape index (κ3) is 3.55. The summed E-state index contributed by atoms with van der Waals surface area (Å²) in [7, 11) is 3.13. The summed E-state index contributed by atoms with van der Waals surface area (Å²) in [5.74, 6) is 1.05. The summed E-state index contributed by atoms with van der Waals surface area (Å²) in [4.78, 5) is 13.5. The van der Waals surface area contributed by atoms with E-state index in [0.717, 1.165) is 11.3 Å². The standard InChI is InChI=1S/C16H19NO3S/c1-4-12(15-6-5-9-21-15)17-16(18)11-7-8-13(19-2)14(10-11)20-3/h5-10,12H,4H2,1-3H3,(H,17,18)/t12-/m1/s1. The van der Waals surface area contributed by atoms with Crippen LogP contribution in [0.3, 0.4) is 0 Å². The number of amides is 1. The van der Waals surface area contributed by atoms with Gasteiger partial charge in [0.05, 0.1) is 20.3 Å². The van der Waals surface area contributed by atoms with E-state index in [1.54, 1.807) is 43.8 Å². The van der Waals surface area contributed by atoms with Crippen LogP contribution in [0.2, 0.25) is 0 Å². The van der Waals surface area contributed by atoms with Gasteiger partial charge < -0.3 is 14.8 Å². The zero-order valence-electron chi connectivity index (χ0n) is 12.4. The largest absolute Gasteiger partial charge is 0.493 e. The van der Waals surface area contributed by atoms with Crippen LogP contribution in [-0.2, 0) is 0 Å². The molecule has 0 saturated heterocycles. The Balaban J connectivity index is 2.16. The molecule has 2 aromatic rings. The number of carbonyl (C=O) groups is 1. The van der Waals surface area contributed by atoms with Crippen LogP contribution in [0.4, 0.5) is 0 Å². The number of hydrogen-bond acceptors (Lipinski definition) is 4. The Morgan fingerprint density at radius 1 is 1.24 bits per heavy atom. The Bertz CT molecular complexity index is 596. The van der Waals surface area contributed by atoms with Crippen molar-refractivity contribution in [3.8, 4) is 11.5 Å². The average molecular weight is 305 g/mol. The molecule has 0 spiro atoms. The van der Waals surface area contributed by atoms with Crippen molar-refractivity contribution in [1.29, 1.82) is 0 Å². The van der Waals surface area contributed by atoms with Crippen LogP contribution in [0.1, 0.15) is 34.6 Å². The summed E-state index contributed by atoms with van der Waals surface area (Å²) < 4.78 is 10.4. The van der Waals surface area contributed by atoms with E-state index < -0.39 is 0 Å². The molecule has 0 fully saturated rings. The number of rotatable bonds is 6. The van der Waals surface area contributed by atoms with E-state index in [0.29, 0.717) is 17.1 Å². The number of thiophene rings is 1. The zero-order valence-corrected chi connectivity index (χ0v) is 13.2. The fourth-order valence-corrected chi connectivity index (χ4v) is 2.94. The number of methoxy groups -OCH3 is 2. The summed E-state index contributed by atoms with van der Waals surface area (Å²) in [6.45, 7) is 2.05. The molecule has 0 unspecified atom stereocenters. The van der Waals surface area contributed by atoms with Gasteiger partial charge in [0.1, 0.15) is 0 Å². The number of benzene rings is 1. The molecule has 21 heavy (non-hydrogen) atoms. The fraction of sp³-hybridized carbons (Fsp3) is 0.312. The average Bonchev–Trinajstić information content (AvgIpc) is 3.05. The lowest BCUT2D eigenvalue weighted by molar-refractivity contribution is 0.0936. The van der Waals surface area contributed by atoms with Gasteiger partial charge in [0.2, 0.25) is 0 Å². The van der Waals surface area contributed by atoms with Gasteiger partial charge in [0.25, 0.3) is 5.91 Å². The molecule has 4 nitrogen and oxygen atoms in total. The quantitative estimate of drug-likeness (QED) is 0.886. The molecule has 1 N–H and O–H groups in total. The van der Waals surface area contributed by atoms with Gasteiger partial charge in [-0.05, 0) is 36.1 Å². The molecule has 5 heteroatoms. The second kappa shape index (κ2) is 7.13. The van der Waals surface area contributed by atoms with E-state index in [1.165, 1.54) is 0 Å². The first kappa shape index (κ1) is 15.4. The highest BCUT2D eigenvalue weighted by Crippen LogP contribution is 2.28. The minimum atomic E-state index is -0.115. The van der Waals surface area contributed by atoms with E-state index in [9.17, 15) is 4.79 Å². The highest BCUT2D eigenvalue weighted by atomic mass is 32.1. The third-order valence-electron chi connectivity index (χ3n) is 3.25. The molecule has 1 aromatic carbocycles. The van der Waals surface area contributed by atoms with Gasteiger partial charge in [-0.25, -0.2) is 0 Å². The maximum atomic E-state index is 12.4. The van der Waals surface area contributed by atoms with E-state index >= 15 is 0 Å². The molecule has 0 radical (unpaired) electrons. The molecule has 0 aliphatic carbocycles. The lowest BCUT2D eigenvalue weighted by Gasteiger charge is -2.16. The lowest BCUT2D eigenvalue weighted by Crippen LogP contribution is -2.27. The monoisotopic (exact) mass is 305 g/mol. The Hall–Kier alpha value is -2.01. The Morgan fingerprint density at radius 3 is 2.57 bits per heavy atom. The van der Waals surface area contributed by atoms with Crippen molar-refractivity contribution < 1.29 is 14.3 Å². The molecule has 1 atom stereocenters. The Morgan fingerprint density at radius 2 is 2.00 bits per heavy atom. The van der Waals surface area contributed by atoms with Crippen LogP contribution in [0.25, 0.3) is 0 Å². The van der Waals surface area contributed by atoms with Gasteiger partial charge >= 0.3 is 0 Å². The van der Waals surface area contributed by atoms with Crippen LogP contribution >= 0.6 is 11.3 Å². The molecule has 1 heterocycles. The van der Waals surface area contributed by atoms with Crippen molar-refractivity contribution >= 4 is 17.2 Å². The smallest absolute Gasteiger partial charge is 0.251 e. The second-order valence-electron chi connectivity index (χ2n) is 4.52. The van der Waals surface area contributed by atoms with Crippen molar-refractivity contribution in [3.05, 3.63) is 46.2 Å². The Kier molecular flexibility index (Phi) is 5.22. The van der Waals surface area contributed by atoms with E-state index in [1.807, 2.05) is 17.5 Å². The maximum absolute atomic E-state index is 12.4. The molecular weight excluding hydrogens is 286 g/mol. The predicted molar refractivity (Wildman–Crippen MR) is 84.4 cm³/mol. The third-order valence-corrected chi connectivity index (χ3v) is 4.23. The second-order valence-corrected chi connectivity index (χ2v) is 5.50. The highest BCUT2D eigenvalue weighted by molar-refractivity contribution is 7.10. The minimum absolute atomic E-state index is 0.0330. The number of carbonyl (C=O) groups excluding carboxylic acids is 1. The fourth-order valence-electron chi connectivity index (χ4n) is 2.08. The van der Waals surface area contributed by atoms with E-state index in [-0.39, 0.29) is 11.9 Å². The number of hydrogen-bond donors (Lipinski definition) is 1. The molecule has 0 aliphatic rings. The predicted octanol–water partition coefficient (Wildman–Crippen LogP) is 3.65. The van der Waals surface area contributed by atoms with Crippen LogP contribution in [0.15, 0.2) is 35.7 Å². The van der Waals surface area contributed by atoms with Gasteiger partial charge in [0, 0.05) is 10.4 Å². The van der Waals surface area contributed by atoms with Crippen molar-refractivity contribution in [1.82, 2.24) is 5.32 Å². The van der Waals surface area contributed by atoms with Crippen molar-refractivity contribution in [2.75, 3.05) is 14.2 Å². The van der Waals surface area contributed by atoms with Crippen molar-refractivity contribution in [2.45, 2.75) is 19.4 Å². The lowest BCUT2D eigenvalue weighted by atomic mass is 10.1. The normalized spacial score (nSPS) is 11.8. The van der Waals surface area contributed by atoms with Gasteiger partial charge in [-0.1, -0.05) is 13.0 Å². The van der Waals surface area contributed by atoms with E-state index in [4.69, 9.17) is 9.47 Å². The molecule has 1 aromatic heterocycles. The maximum Gasteiger partial charge on any atom is 0.251 e. The number of ether oxygens (including phenoxy) is 2. The molecular formula is C16H19NO3S. The van der Waals surface area contributed by atoms with Gasteiger partial charge in [-0.2, -0.15) is 0 Å². The van der Waals surface area contributed by atoms with Gasteiger partial charge in [-0.15, -0.1) is 11.3 Å². The highest BCUT2D eigenvalue weighted by Gasteiger charge is 2.16. The molecule has 0 saturated carbocycles. The van der Waals surface area contributed by atoms with Gasteiger partial charge in [0.15, 0.2) is 11.5 Å². The zero-order chi connectivity index (χ0) is 15.2. The van der Waals surface area contributed by atoms with Crippen molar-refractivity contribution in [3.63, 3.8) is 0 Å². The molecule has 0 aliphatic heterocycles. The molecule has 2 rings (SSSR count). The van der Waals surface area contributed by atoms with Gasteiger partial charge in [-0.3, -0.25) is 4.79 Å². The molecule has 1 amide bonds.